The summed E-state index contributed by atoms with van der Waals surface area (Å²) < 4.78 is 13.3. The molecule has 0 rings (SSSR count). The summed E-state index contributed by atoms with van der Waals surface area (Å²) in [6, 6.07) is 0. The summed E-state index contributed by atoms with van der Waals surface area (Å²) in [5.74, 6) is -0.779. The molecule has 6 nitrogen and oxygen atoms in total. The van der Waals surface area contributed by atoms with Gasteiger partial charge in [0.1, 0.15) is 0 Å². The van der Waals surface area contributed by atoms with Crippen molar-refractivity contribution in [2.45, 2.75) is 0 Å². The van der Waals surface area contributed by atoms with E-state index in [1.165, 1.54) is 21.3 Å². The summed E-state index contributed by atoms with van der Waals surface area (Å²) in [6.07, 6.45) is 0. The van der Waals surface area contributed by atoms with Crippen molar-refractivity contribution < 1.29 is 58.5 Å². The van der Waals surface area contributed by atoms with Gasteiger partial charge in [0, 0.05) is 18.0 Å². The molecule has 0 unspecified atom stereocenters. The molecule has 0 radical (unpaired) electrons. The Morgan fingerprint density at radius 3 is 1.55 bits per heavy atom. The van der Waals surface area contributed by atoms with E-state index in [4.69, 9.17) is 5.11 Å². The molecular formula is C12H20BrNaO6. The first-order valence-electron chi connectivity index (χ1n) is 4.92. The second kappa shape index (κ2) is 21.1. The molecule has 0 atom stereocenters. The fourth-order valence-corrected chi connectivity index (χ4v) is 0.805. The molecule has 0 saturated carbocycles. The minimum atomic E-state index is -0.420. The van der Waals surface area contributed by atoms with E-state index in [1.807, 2.05) is 0 Å². The Labute approximate surface area is 150 Å². The number of carbonyl (C=O) groups is 2. The Bertz CT molecular complexity index is 280. The Hall–Kier alpha value is -0.180. The number of alkyl halides is 1. The van der Waals surface area contributed by atoms with E-state index in [1.54, 1.807) is 0 Å². The normalized spacial score (nSPS) is 7.50. The molecule has 20 heavy (non-hydrogen) atoms. The summed E-state index contributed by atoms with van der Waals surface area (Å²) in [5, 5.41) is 8.72. The average molecular weight is 363 g/mol. The minimum absolute atomic E-state index is 0. The van der Waals surface area contributed by atoms with Crippen molar-refractivity contribution in [1.82, 2.24) is 0 Å². The molecular weight excluding hydrogens is 343 g/mol. The Morgan fingerprint density at radius 2 is 1.35 bits per heavy atom. The monoisotopic (exact) mass is 362 g/mol. The summed E-state index contributed by atoms with van der Waals surface area (Å²) in [6.45, 7) is 7.07. The zero-order valence-corrected chi connectivity index (χ0v) is 16.2. The zero-order chi connectivity index (χ0) is 15.8. The van der Waals surface area contributed by atoms with Crippen LogP contribution in [0.4, 0.5) is 0 Å². The van der Waals surface area contributed by atoms with Gasteiger partial charge in [0.25, 0.3) is 0 Å². The van der Waals surface area contributed by atoms with E-state index in [0.29, 0.717) is 16.5 Å². The number of hydrogen-bond donors (Lipinski definition) is 0. The molecule has 0 amide bonds. The molecule has 0 saturated heterocycles. The molecule has 0 N–H and O–H groups in total. The Balaban J connectivity index is -0.000000109. The van der Waals surface area contributed by atoms with Crippen LogP contribution in [-0.2, 0) is 23.8 Å². The first-order valence-corrected chi connectivity index (χ1v) is 6.04. The van der Waals surface area contributed by atoms with E-state index in [0.717, 1.165) is 7.11 Å². The van der Waals surface area contributed by atoms with Crippen LogP contribution >= 0.6 is 15.9 Å². The maximum absolute atomic E-state index is 10.5. The molecule has 0 aliphatic heterocycles. The minimum Gasteiger partial charge on any atom is -0.857 e. The number of halogens is 1. The SMILES string of the molecule is C=C(CBr)C(=O)OC.C=C(COC)C(=O)OC.C[O-].[Na+]. The van der Waals surface area contributed by atoms with Crippen LogP contribution in [0.3, 0.4) is 0 Å². The van der Waals surface area contributed by atoms with Crippen molar-refractivity contribution in [2.24, 2.45) is 0 Å². The van der Waals surface area contributed by atoms with Crippen LogP contribution in [0.5, 0.6) is 0 Å². The molecule has 0 aliphatic rings. The quantitative estimate of drug-likeness (QED) is 0.232. The third-order valence-corrected chi connectivity index (χ3v) is 2.10. The van der Waals surface area contributed by atoms with E-state index in [9.17, 15) is 9.59 Å². The van der Waals surface area contributed by atoms with Crippen LogP contribution in [0.15, 0.2) is 24.3 Å². The fraction of sp³-hybridized carbons (Fsp3) is 0.500. The van der Waals surface area contributed by atoms with Gasteiger partial charge in [0.2, 0.25) is 0 Å². The van der Waals surface area contributed by atoms with Gasteiger partial charge < -0.3 is 19.3 Å². The summed E-state index contributed by atoms with van der Waals surface area (Å²) in [7, 11) is 4.88. The second-order valence-corrected chi connectivity index (χ2v) is 3.32. The standard InChI is InChI=1S/C6H10O3.C5H7BrO2.CH3O.Na/c1-5(4-8-2)6(7)9-3;1-4(3-6)5(7)8-2;1-2;/h1,4H2,2-3H3;1,3H2,2H3;1H3;/q;;-1;+1. The predicted octanol–water partition coefficient (Wildman–Crippen LogP) is -2.55. The third-order valence-electron chi connectivity index (χ3n) is 1.43. The summed E-state index contributed by atoms with van der Waals surface area (Å²) >= 11 is 3.06. The van der Waals surface area contributed by atoms with Crippen LogP contribution < -0.4 is 34.7 Å². The van der Waals surface area contributed by atoms with Crippen molar-refractivity contribution in [1.29, 1.82) is 0 Å². The van der Waals surface area contributed by atoms with Gasteiger partial charge in [-0.1, -0.05) is 29.1 Å². The molecule has 0 heterocycles. The molecule has 0 aliphatic carbocycles. The van der Waals surface area contributed by atoms with Gasteiger partial charge >= 0.3 is 41.5 Å². The largest absolute Gasteiger partial charge is 1.00 e. The molecule has 0 aromatic rings. The van der Waals surface area contributed by atoms with E-state index in [2.05, 4.69) is 43.3 Å². The summed E-state index contributed by atoms with van der Waals surface area (Å²) in [4.78, 5) is 20.9. The third kappa shape index (κ3) is 17.8. The van der Waals surface area contributed by atoms with Gasteiger partial charge in [-0.2, -0.15) is 7.11 Å². The van der Waals surface area contributed by atoms with Crippen LogP contribution in [0.1, 0.15) is 0 Å². The maximum atomic E-state index is 10.5. The van der Waals surface area contributed by atoms with Gasteiger partial charge in [-0.15, -0.1) is 0 Å². The molecule has 0 fully saturated rings. The van der Waals surface area contributed by atoms with Crippen LogP contribution in [0.2, 0.25) is 0 Å². The van der Waals surface area contributed by atoms with Crippen molar-refractivity contribution in [3.63, 3.8) is 0 Å². The van der Waals surface area contributed by atoms with Crippen molar-refractivity contribution in [3.05, 3.63) is 24.3 Å². The topological polar surface area (TPSA) is 84.9 Å². The van der Waals surface area contributed by atoms with Gasteiger partial charge in [0.15, 0.2) is 0 Å². The number of rotatable bonds is 5. The molecule has 0 bridgehead atoms. The first-order chi connectivity index (χ1) is 8.94. The number of esters is 2. The predicted molar refractivity (Wildman–Crippen MR) is 73.9 cm³/mol. The van der Waals surface area contributed by atoms with E-state index < -0.39 is 5.97 Å². The van der Waals surface area contributed by atoms with E-state index >= 15 is 0 Å². The van der Waals surface area contributed by atoms with Gasteiger partial charge in [-0.3, -0.25) is 0 Å². The van der Waals surface area contributed by atoms with Gasteiger partial charge in [-0.25, -0.2) is 9.59 Å². The number of carbonyl (C=O) groups excluding carboxylic acids is 2. The smallest absolute Gasteiger partial charge is 0.857 e. The summed E-state index contributed by atoms with van der Waals surface area (Å²) in [5.41, 5.74) is 0.771. The average Bonchev–Trinajstić information content (AvgIpc) is 2.47. The number of methoxy groups -OCH3 is 3. The molecule has 0 aromatic carbocycles. The molecule has 0 spiro atoms. The van der Waals surface area contributed by atoms with Crippen LogP contribution in [-0.4, -0.2) is 52.3 Å². The molecule has 8 heteroatoms. The molecule has 112 valence electrons. The van der Waals surface area contributed by atoms with E-state index in [-0.39, 0.29) is 42.1 Å². The van der Waals surface area contributed by atoms with Gasteiger partial charge in [0.05, 0.1) is 26.4 Å². The van der Waals surface area contributed by atoms with Crippen LogP contribution in [0.25, 0.3) is 0 Å². The second-order valence-electron chi connectivity index (χ2n) is 2.76. The Morgan fingerprint density at radius 1 is 1.00 bits per heavy atom. The molecule has 0 aromatic heterocycles. The maximum Gasteiger partial charge on any atom is 1.00 e. The number of hydrogen-bond acceptors (Lipinski definition) is 6. The fourth-order valence-electron chi connectivity index (χ4n) is 0.576. The zero-order valence-electron chi connectivity index (χ0n) is 12.7. The van der Waals surface area contributed by atoms with Crippen molar-refractivity contribution in [3.8, 4) is 0 Å². The van der Waals surface area contributed by atoms with Gasteiger partial charge in [-0.05, 0) is 0 Å². The van der Waals surface area contributed by atoms with Crippen LogP contribution in [0, 0.1) is 0 Å². The first kappa shape index (κ1) is 28.0. The number of ether oxygens (including phenoxy) is 3. The van der Waals surface area contributed by atoms with Crippen molar-refractivity contribution >= 4 is 27.9 Å². The van der Waals surface area contributed by atoms with Crippen molar-refractivity contribution in [2.75, 3.05) is 40.4 Å². The Kier molecular flexibility index (Phi) is 29.6.